The van der Waals surface area contributed by atoms with Gasteiger partial charge in [-0.05, 0) is 60.1 Å². The fourth-order valence-electron chi connectivity index (χ4n) is 2.17. The van der Waals surface area contributed by atoms with Gasteiger partial charge in [0.2, 0.25) is 0 Å². The Balaban J connectivity index is 0.000000173. The average Bonchev–Trinajstić information content (AvgIpc) is 2.90. The highest BCUT2D eigenvalue weighted by Gasteiger charge is 2.05. The lowest BCUT2D eigenvalue weighted by atomic mass is 10.1. The standard InChI is InChI=1S/C7H13N.C6H10O2.C6H10O/c1-6-3-4-8-5-7(6)2;1-5-6(2)8-4-3-7-5;1-5-3-4-7-6(5)2/h8H,3-5H2,1-2H3;3-4H2,1-2H3;3-4H2,1-2H3. The first kappa shape index (κ1) is 19.6. The fourth-order valence-corrected chi connectivity index (χ4v) is 2.17. The molecule has 23 heavy (non-hydrogen) atoms. The largest absolute Gasteiger partial charge is 0.498 e. The summed E-state index contributed by atoms with van der Waals surface area (Å²) in [5.74, 6) is 2.95. The Morgan fingerprint density at radius 1 is 0.609 bits per heavy atom. The summed E-state index contributed by atoms with van der Waals surface area (Å²) in [6.45, 7) is 16.9. The van der Waals surface area contributed by atoms with Crippen LogP contribution in [0.4, 0.5) is 0 Å². The Hall–Kier alpha value is -1.42. The van der Waals surface area contributed by atoms with E-state index in [0.29, 0.717) is 13.2 Å². The number of rotatable bonds is 0. The van der Waals surface area contributed by atoms with Gasteiger partial charge in [-0.1, -0.05) is 11.1 Å². The summed E-state index contributed by atoms with van der Waals surface area (Å²) >= 11 is 0. The van der Waals surface area contributed by atoms with E-state index in [1.54, 1.807) is 5.57 Å². The maximum atomic E-state index is 5.14. The van der Waals surface area contributed by atoms with Gasteiger partial charge in [0.05, 0.1) is 12.4 Å². The van der Waals surface area contributed by atoms with Crippen molar-refractivity contribution >= 4 is 0 Å². The molecule has 0 spiro atoms. The van der Waals surface area contributed by atoms with Crippen LogP contribution in [0.3, 0.4) is 0 Å². The zero-order valence-corrected chi connectivity index (χ0v) is 15.7. The van der Waals surface area contributed by atoms with E-state index < -0.39 is 0 Å². The molecule has 4 heteroatoms. The first-order valence-corrected chi connectivity index (χ1v) is 8.50. The highest BCUT2D eigenvalue weighted by atomic mass is 16.6. The molecule has 3 aliphatic rings. The van der Waals surface area contributed by atoms with Crippen molar-refractivity contribution in [3.63, 3.8) is 0 Å². The van der Waals surface area contributed by atoms with Crippen LogP contribution >= 0.6 is 0 Å². The van der Waals surface area contributed by atoms with Crippen molar-refractivity contribution in [3.05, 3.63) is 34.0 Å². The summed E-state index contributed by atoms with van der Waals surface area (Å²) in [7, 11) is 0. The summed E-state index contributed by atoms with van der Waals surface area (Å²) in [6.07, 6.45) is 2.37. The van der Waals surface area contributed by atoms with Crippen molar-refractivity contribution in [1.29, 1.82) is 0 Å². The van der Waals surface area contributed by atoms with Crippen LogP contribution in [0.5, 0.6) is 0 Å². The first-order chi connectivity index (χ1) is 10.9. The van der Waals surface area contributed by atoms with Gasteiger partial charge in [0.15, 0.2) is 0 Å². The van der Waals surface area contributed by atoms with Gasteiger partial charge < -0.3 is 19.5 Å². The third-order valence-corrected chi connectivity index (χ3v) is 4.41. The molecule has 0 fully saturated rings. The minimum Gasteiger partial charge on any atom is -0.498 e. The number of ether oxygens (including phenoxy) is 3. The third kappa shape index (κ3) is 7.60. The molecular weight excluding hydrogens is 290 g/mol. The molecule has 0 radical (unpaired) electrons. The normalized spacial score (nSPS) is 20.6. The first-order valence-electron chi connectivity index (χ1n) is 8.50. The van der Waals surface area contributed by atoms with Gasteiger partial charge in [0.25, 0.3) is 0 Å². The van der Waals surface area contributed by atoms with Crippen LogP contribution in [-0.4, -0.2) is 32.9 Å². The molecular formula is C19H33NO3. The van der Waals surface area contributed by atoms with E-state index in [2.05, 4.69) is 26.1 Å². The van der Waals surface area contributed by atoms with Crippen LogP contribution in [0.15, 0.2) is 34.0 Å². The van der Waals surface area contributed by atoms with Gasteiger partial charge in [-0.3, -0.25) is 0 Å². The molecule has 0 bridgehead atoms. The molecule has 3 heterocycles. The topological polar surface area (TPSA) is 39.7 Å². The van der Waals surface area contributed by atoms with Crippen LogP contribution in [0.2, 0.25) is 0 Å². The number of allylic oxidation sites excluding steroid dienone is 3. The molecule has 0 aromatic carbocycles. The zero-order valence-electron chi connectivity index (χ0n) is 15.7. The number of hydrogen-bond acceptors (Lipinski definition) is 4. The van der Waals surface area contributed by atoms with E-state index in [1.165, 1.54) is 24.1 Å². The van der Waals surface area contributed by atoms with Gasteiger partial charge in [-0.15, -0.1) is 0 Å². The Kier molecular flexibility index (Phi) is 8.85. The summed E-state index contributed by atoms with van der Waals surface area (Å²) in [4.78, 5) is 0. The third-order valence-electron chi connectivity index (χ3n) is 4.41. The Bertz CT molecular complexity index is 405. The second-order valence-electron chi connectivity index (χ2n) is 6.23. The van der Waals surface area contributed by atoms with E-state index >= 15 is 0 Å². The zero-order chi connectivity index (χ0) is 17.2. The van der Waals surface area contributed by atoms with E-state index in [1.807, 2.05) is 20.8 Å². The Labute approximate surface area is 141 Å². The molecule has 1 N–H and O–H groups in total. The van der Waals surface area contributed by atoms with Crippen molar-refractivity contribution < 1.29 is 14.2 Å². The van der Waals surface area contributed by atoms with Crippen LogP contribution in [0.1, 0.15) is 54.4 Å². The number of hydrogen-bond donors (Lipinski definition) is 1. The van der Waals surface area contributed by atoms with Crippen molar-refractivity contribution in [2.45, 2.75) is 54.4 Å². The van der Waals surface area contributed by atoms with Gasteiger partial charge in [-0.2, -0.15) is 0 Å². The minimum absolute atomic E-state index is 0.698. The maximum absolute atomic E-state index is 5.14. The molecule has 0 aromatic heterocycles. The molecule has 0 saturated carbocycles. The quantitative estimate of drug-likeness (QED) is 0.675. The molecule has 4 nitrogen and oxygen atoms in total. The highest BCUT2D eigenvalue weighted by molar-refractivity contribution is 5.13. The summed E-state index contributed by atoms with van der Waals surface area (Å²) < 4.78 is 15.4. The van der Waals surface area contributed by atoms with Crippen molar-refractivity contribution in [2.75, 3.05) is 32.9 Å². The predicted octanol–water partition coefficient (Wildman–Crippen LogP) is 4.30. The summed E-state index contributed by atoms with van der Waals surface area (Å²) in [5, 5.41) is 3.31. The predicted molar refractivity (Wildman–Crippen MR) is 95.1 cm³/mol. The molecule has 0 amide bonds. The summed E-state index contributed by atoms with van der Waals surface area (Å²) in [6, 6.07) is 0. The van der Waals surface area contributed by atoms with Crippen molar-refractivity contribution in [1.82, 2.24) is 5.32 Å². The second kappa shape index (κ2) is 10.4. The lowest BCUT2D eigenvalue weighted by Gasteiger charge is -2.16. The Morgan fingerprint density at radius 2 is 1.17 bits per heavy atom. The monoisotopic (exact) mass is 323 g/mol. The van der Waals surface area contributed by atoms with Gasteiger partial charge in [-0.25, -0.2) is 0 Å². The lowest BCUT2D eigenvalue weighted by molar-refractivity contribution is 0.0648. The second-order valence-corrected chi connectivity index (χ2v) is 6.23. The van der Waals surface area contributed by atoms with E-state index in [4.69, 9.17) is 14.2 Å². The molecule has 0 aliphatic carbocycles. The van der Waals surface area contributed by atoms with Gasteiger partial charge in [0.1, 0.15) is 24.7 Å². The van der Waals surface area contributed by atoms with E-state index in [-0.39, 0.29) is 0 Å². The maximum Gasteiger partial charge on any atom is 0.130 e. The molecule has 3 aliphatic heterocycles. The SMILES string of the molecule is CC1=C(C)CNCC1.CC1=C(C)OCC1.CC1=C(C)OCCO1. The average molecular weight is 323 g/mol. The molecule has 0 saturated heterocycles. The lowest BCUT2D eigenvalue weighted by Crippen LogP contribution is -2.23. The van der Waals surface area contributed by atoms with E-state index in [0.717, 1.165) is 36.8 Å². The molecule has 3 rings (SSSR count). The highest BCUT2D eigenvalue weighted by Crippen LogP contribution is 2.16. The molecule has 0 aromatic rings. The molecule has 0 atom stereocenters. The summed E-state index contributed by atoms with van der Waals surface area (Å²) in [5.41, 5.74) is 4.50. The number of nitrogens with one attached hydrogen (secondary N) is 1. The van der Waals surface area contributed by atoms with Crippen LogP contribution < -0.4 is 5.32 Å². The van der Waals surface area contributed by atoms with Gasteiger partial charge in [0, 0.05) is 13.0 Å². The Morgan fingerprint density at radius 3 is 1.43 bits per heavy atom. The fraction of sp³-hybridized carbons (Fsp3) is 0.684. The van der Waals surface area contributed by atoms with Crippen molar-refractivity contribution in [3.8, 4) is 0 Å². The van der Waals surface area contributed by atoms with E-state index in [9.17, 15) is 0 Å². The smallest absolute Gasteiger partial charge is 0.130 e. The molecule has 0 unspecified atom stereocenters. The van der Waals surface area contributed by atoms with Gasteiger partial charge >= 0.3 is 0 Å². The van der Waals surface area contributed by atoms with Crippen molar-refractivity contribution in [2.24, 2.45) is 0 Å². The van der Waals surface area contributed by atoms with Crippen LogP contribution in [0.25, 0.3) is 0 Å². The van der Waals surface area contributed by atoms with Crippen LogP contribution in [-0.2, 0) is 14.2 Å². The van der Waals surface area contributed by atoms with Crippen LogP contribution in [0, 0.1) is 0 Å². The minimum atomic E-state index is 0.698. The molecule has 132 valence electrons.